The Morgan fingerprint density at radius 3 is 1.03 bits per heavy atom. The van der Waals surface area contributed by atoms with Crippen LogP contribution in [0.3, 0.4) is 0 Å². The molecule has 4 rings (SSSR count). The smallest absolute Gasteiger partial charge is 0.230 e. The Bertz CT molecular complexity index is 1040. The van der Waals surface area contributed by atoms with Gasteiger partial charge < -0.3 is 0 Å². The van der Waals surface area contributed by atoms with E-state index in [1.165, 1.54) is 0 Å². The predicted molar refractivity (Wildman–Crippen MR) is 128 cm³/mol. The fraction of sp³-hybridized carbons (Fsp3) is 0. The second-order valence-corrected chi connectivity index (χ2v) is 8.70. The van der Waals surface area contributed by atoms with Crippen LogP contribution in [-0.4, -0.2) is 10.2 Å². The molecule has 0 amide bonds. The molecule has 2 nitrogen and oxygen atoms in total. The van der Waals surface area contributed by atoms with Crippen LogP contribution in [-0.2, 0) is 0 Å². The first-order valence-corrected chi connectivity index (χ1v) is 11.6. The summed E-state index contributed by atoms with van der Waals surface area (Å²) in [7, 11) is 1.93. The Morgan fingerprint density at radius 2 is 0.700 bits per heavy atom. The maximum atomic E-state index is 12.5. The first kappa shape index (κ1) is 20.2. The van der Waals surface area contributed by atoms with Crippen LogP contribution in [0.1, 0.15) is 20.7 Å². The SMILES string of the molecule is O=C(SSC(=O)c1ccc(-c2ccccc2)cc1)c1ccc(-c2ccccc2)cc1. The van der Waals surface area contributed by atoms with E-state index in [1.54, 1.807) is 24.3 Å². The number of benzene rings is 4. The summed E-state index contributed by atoms with van der Waals surface area (Å²) in [4.78, 5) is 24.9. The first-order valence-electron chi connectivity index (χ1n) is 9.45. The summed E-state index contributed by atoms with van der Waals surface area (Å²) in [5, 5.41) is -0.261. The third kappa shape index (κ3) is 4.90. The predicted octanol–water partition coefficient (Wildman–Crippen LogP) is 7.38. The van der Waals surface area contributed by atoms with Crippen LogP contribution in [0, 0.1) is 0 Å². The van der Waals surface area contributed by atoms with Gasteiger partial charge in [0, 0.05) is 11.1 Å². The largest absolute Gasteiger partial charge is 0.281 e. The molecule has 0 atom stereocenters. The Balaban J connectivity index is 1.36. The number of hydrogen-bond acceptors (Lipinski definition) is 4. The number of carbonyl (C=O) groups is 2. The standard InChI is InChI=1S/C26H18O2S2/c27-25(23-15-11-21(12-16-23)19-7-3-1-4-8-19)29-30-26(28)24-17-13-22(14-18-24)20-9-5-2-6-10-20/h1-18H. The normalized spacial score (nSPS) is 10.5. The van der Waals surface area contributed by atoms with E-state index < -0.39 is 0 Å². The van der Waals surface area contributed by atoms with E-state index >= 15 is 0 Å². The molecule has 0 spiro atoms. The van der Waals surface area contributed by atoms with Crippen molar-refractivity contribution in [2.24, 2.45) is 0 Å². The fourth-order valence-corrected chi connectivity index (χ4v) is 4.68. The molecule has 4 aromatic carbocycles. The monoisotopic (exact) mass is 426 g/mol. The topological polar surface area (TPSA) is 34.1 Å². The van der Waals surface area contributed by atoms with E-state index in [4.69, 9.17) is 0 Å². The highest BCUT2D eigenvalue weighted by Crippen LogP contribution is 2.31. The molecule has 0 aliphatic rings. The highest BCUT2D eigenvalue weighted by Gasteiger charge is 2.13. The Hall–Kier alpha value is -3.08. The summed E-state index contributed by atoms with van der Waals surface area (Å²) in [5.74, 6) is 0. The molecule has 0 unspecified atom stereocenters. The second kappa shape index (κ2) is 9.61. The van der Waals surface area contributed by atoms with Crippen LogP contribution in [0.4, 0.5) is 0 Å². The van der Waals surface area contributed by atoms with Crippen molar-refractivity contribution in [3.63, 3.8) is 0 Å². The molecule has 30 heavy (non-hydrogen) atoms. The van der Waals surface area contributed by atoms with Crippen LogP contribution in [0.15, 0.2) is 109 Å². The molecule has 0 saturated heterocycles. The van der Waals surface area contributed by atoms with Gasteiger partial charge in [-0.2, -0.15) is 0 Å². The Morgan fingerprint density at radius 1 is 0.400 bits per heavy atom. The van der Waals surface area contributed by atoms with Crippen molar-refractivity contribution in [1.29, 1.82) is 0 Å². The van der Waals surface area contributed by atoms with Gasteiger partial charge >= 0.3 is 0 Å². The highest BCUT2D eigenvalue weighted by molar-refractivity contribution is 8.87. The summed E-state index contributed by atoms with van der Waals surface area (Å²) in [6.45, 7) is 0. The van der Waals surface area contributed by atoms with Gasteiger partial charge in [-0.15, -0.1) is 0 Å². The lowest BCUT2D eigenvalue weighted by Gasteiger charge is -2.05. The van der Waals surface area contributed by atoms with Crippen molar-refractivity contribution in [2.45, 2.75) is 0 Å². The molecule has 0 aliphatic carbocycles. The molecule has 0 bridgehead atoms. The van der Waals surface area contributed by atoms with Crippen LogP contribution in [0.5, 0.6) is 0 Å². The maximum absolute atomic E-state index is 12.5. The van der Waals surface area contributed by atoms with Crippen LogP contribution >= 0.6 is 21.6 Å². The molecule has 4 aromatic rings. The van der Waals surface area contributed by atoms with E-state index in [-0.39, 0.29) is 10.2 Å². The van der Waals surface area contributed by atoms with Crippen molar-refractivity contribution in [2.75, 3.05) is 0 Å². The van der Waals surface area contributed by atoms with Crippen molar-refractivity contribution < 1.29 is 9.59 Å². The highest BCUT2D eigenvalue weighted by atomic mass is 33.1. The van der Waals surface area contributed by atoms with Gasteiger partial charge in [-0.3, -0.25) is 9.59 Å². The van der Waals surface area contributed by atoms with E-state index in [9.17, 15) is 9.59 Å². The van der Waals surface area contributed by atoms with Gasteiger partial charge in [-0.1, -0.05) is 84.9 Å². The molecule has 146 valence electrons. The van der Waals surface area contributed by atoms with Crippen molar-refractivity contribution in [3.8, 4) is 22.3 Å². The Kier molecular flexibility index (Phi) is 6.47. The molecule has 0 fully saturated rings. The van der Waals surface area contributed by atoms with Crippen molar-refractivity contribution in [1.82, 2.24) is 0 Å². The van der Waals surface area contributed by atoms with Crippen molar-refractivity contribution in [3.05, 3.63) is 120 Å². The quantitative estimate of drug-likeness (QED) is 0.319. The average molecular weight is 427 g/mol. The van der Waals surface area contributed by atoms with Crippen LogP contribution in [0.2, 0.25) is 0 Å². The zero-order valence-electron chi connectivity index (χ0n) is 16.0. The number of rotatable bonds is 4. The molecule has 4 heteroatoms. The summed E-state index contributed by atoms with van der Waals surface area (Å²) in [6, 6.07) is 34.9. The molecular weight excluding hydrogens is 408 g/mol. The van der Waals surface area contributed by atoms with E-state index in [0.717, 1.165) is 43.8 Å². The van der Waals surface area contributed by atoms with Gasteiger partial charge in [0.2, 0.25) is 10.2 Å². The summed E-state index contributed by atoms with van der Waals surface area (Å²) >= 11 is 0. The van der Waals surface area contributed by atoms with Gasteiger partial charge in [0.05, 0.1) is 0 Å². The minimum atomic E-state index is -0.131. The number of hydrogen-bond donors (Lipinski definition) is 0. The third-order valence-corrected chi connectivity index (χ3v) is 6.66. The van der Waals surface area contributed by atoms with E-state index in [0.29, 0.717) is 11.1 Å². The summed E-state index contributed by atoms with van der Waals surface area (Å²) in [5.41, 5.74) is 5.48. The first-order chi connectivity index (χ1) is 14.7. The molecule has 0 radical (unpaired) electrons. The molecule has 0 heterocycles. The number of carbonyl (C=O) groups excluding carboxylic acids is 2. The Labute approximate surface area is 183 Å². The minimum absolute atomic E-state index is 0.131. The van der Waals surface area contributed by atoms with Crippen molar-refractivity contribution >= 4 is 31.8 Å². The average Bonchev–Trinajstić information content (AvgIpc) is 2.83. The maximum Gasteiger partial charge on any atom is 0.230 e. The molecule has 0 saturated carbocycles. The lowest BCUT2D eigenvalue weighted by Crippen LogP contribution is -1.95. The van der Waals surface area contributed by atoms with Crippen LogP contribution < -0.4 is 0 Å². The zero-order chi connectivity index (χ0) is 20.8. The van der Waals surface area contributed by atoms with E-state index in [2.05, 4.69) is 0 Å². The lowest BCUT2D eigenvalue weighted by atomic mass is 10.0. The minimum Gasteiger partial charge on any atom is -0.281 e. The van der Waals surface area contributed by atoms with Gasteiger partial charge in [-0.25, -0.2) is 0 Å². The van der Waals surface area contributed by atoms with Gasteiger partial charge in [-0.05, 0) is 68.1 Å². The molecular formula is C26H18O2S2. The van der Waals surface area contributed by atoms with Gasteiger partial charge in [0.25, 0.3) is 0 Å². The fourth-order valence-electron chi connectivity index (χ4n) is 3.03. The van der Waals surface area contributed by atoms with Gasteiger partial charge in [0.15, 0.2) is 0 Å². The summed E-state index contributed by atoms with van der Waals surface area (Å²) < 4.78 is 0. The molecule has 0 N–H and O–H groups in total. The molecule has 0 aromatic heterocycles. The molecule has 0 aliphatic heterocycles. The van der Waals surface area contributed by atoms with Crippen LogP contribution in [0.25, 0.3) is 22.3 Å². The van der Waals surface area contributed by atoms with Gasteiger partial charge in [0.1, 0.15) is 0 Å². The summed E-state index contributed by atoms with van der Waals surface area (Å²) in [6.07, 6.45) is 0. The zero-order valence-corrected chi connectivity index (χ0v) is 17.7. The lowest BCUT2D eigenvalue weighted by molar-refractivity contribution is 0.107. The third-order valence-electron chi connectivity index (χ3n) is 4.65. The second-order valence-electron chi connectivity index (χ2n) is 6.63. The van der Waals surface area contributed by atoms with E-state index in [1.807, 2.05) is 84.9 Å².